The Hall–Kier alpha value is -1.46. The van der Waals surface area contributed by atoms with Crippen LogP contribution in [0.4, 0.5) is 13.2 Å². The highest BCUT2D eigenvalue weighted by atomic mass is 35.5. The van der Waals surface area contributed by atoms with Gasteiger partial charge in [-0.25, -0.2) is 4.57 Å². The van der Waals surface area contributed by atoms with E-state index < -0.39 is 45.0 Å². The Morgan fingerprint density at radius 1 is 0.952 bits per heavy atom. The number of aliphatic hydroxyl groups excluding tert-OH is 2. The fraction of sp³-hybridized carbons (Fsp3) is 0.517. The molecule has 0 fully saturated rings. The van der Waals surface area contributed by atoms with Crippen LogP contribution in [-0.2, 0) is 19.8 Å². The van der Waals surface area contributed by atoms with Crippen molar-refractivity contribution in [3.63, 3.8) is 0 Å². The van der Waals surface area contributed by atoms with Crippen LogP contribution in [0.1, 0.15) is 63.2 Å². The molecule has 234 valence electrons. The van der Waals surface area contributed by atoms with Gasteiger partial charge in [-0.05, 0) is 84.4 Å². The number of halogens is 5. The molecule has 0 aliphatic carbocycles. The zero-order valence-electron chi connectivity index (χ0n) is 23.5. The molecule has 0 spiro atoms. The lowest BCUT2D eigenvalue weighted by Gasteiger charge is -2.28. The summed E-state index contributed by atoms with van der Waals surface area (Å²) < 4.78 is 64.9. The van der Waals surface area contributed by atoms with Crippen molar-refractivity contribution in [2.75, 3.05) is 32.8 Å². The van der Waals surface area contributed by atoms with Crippen LogP contribution in [0.15, 0.2) is 36.4 Å². The first-order valence-corrected chi connectivity index (χ1v) is 16.1. The van der Waals surface area contributed by atoms with Crippen LogP contribution in [0, 0.1) is 0 Å². The van der Waals surface area contributed by atoms with Gasteiger partial charge in [0.05, 0.1) is 24.9 Å². The van der Waals surface area contributed by atoms with Crippen molar-refractivity contribution in [2.45, 2.75) is 64.3 Å². The van der Waals surface area contributed by atoms with Gasteiger partial charge in [0.15, 0.2) is 0 Å². The molecule has 0 bridgehead atoms. The maximum Gasteiger partial charge on any atom is 0.472 e. The summed E-state index contributed by atoms with van der Waals surface area (Å²) in [6.45, 7) is 4.89. The molecule has 0 saturated heterocycles. The molecule has 3 aromatic carbocycles. The first kappa shape index (κ1) is 35.0. The molecule has 0 radical (unpaired) electrons. The van der Waals surface area contributed by atoms with Gasteiger partial charge in [0.2, 0.25) is 0 Å². The zero-order valence-corrected chi connectivity index (χ0v) is 25.9. The van der Waals surface area contributed by atoms with E-state index in [9.17, 15) is 27.7 Å². The standard InChI is InChI=1S/C29H37Cl2F3NO6P/c1-3-5-10-35(11-6-4-2)12-9-28(41-42(38,39)40-18-21(37)17-36)26-16-25-24(14-20(30)15-27(25)31)23-13-19(29(32,33)34)7-8-22(23)26/h7-8,13-16,21,28,36-37H,3-6,9-12,17-18H2,1-2H3,(H,38,39). The van der Waals surface area contributed by atoms with Gasteiger partial charge in [0.25, 0.3) is 0 Å². The molecule has 0 saturated carbocycles. The molecule has 0 aromatic heterocycles. The number of hydrogen-bond donors (Lipinski definition) is 3. The fourth-order valence-corrected chi connectivity index (χ4v) is 6.25. The van der Waals surface area contributed by atoms with E-state index in [0.29, 0.717) is 28.3 Å². The minimum Gasteiger partial charge on any atom is -0.394 e. The van der Waals surface area contributed by atoms with E-state index in [1.54, 1.807) is 6.07 Å². The molecule has 13 heteroatoms. The minimum atomic E-state index is -4.80. The predicted octanol–water partition coefficient (Wildman–Crippen LogP) is 8.14. The molecule has 3 atom stereocenters. The highest BCUT2D eigenvalue weighted by Gasteiger charge is 2.33. The second-order valence-corrected chi connectivity index (χ2v) is 12.5. The summed E-state index contributed by atoms with van der Waals surface area (Å²) >= 11 is 12.7. The molecule has 0 heterocycles. The lowest BCUT2D eigenvalue weighted by Crippen LogP contribution is -2.28. The van der Waals surface area contributed by atoms with E-state index in [2.05, 4.69) is 18.7 Å². The summed E-state index contributed by atoms with van der Waals surface area (Å²) in [4.78, 5) is 12.8. The molecular formula is C29H37Cl2F3NO6P. The smallest absolute Gasteiger partial charge is 0.394 e. The summed E-state index contributed by atoms with van der Waals surface area (Å²) in [5.41, 5.74) is -0.525. The van der Waals surface area contributed by atoms with Gasteiger partial charge in [-0.1, -0.05) is 56.0 Å². The van der Waals surface area contributed by atoms with Gasteiger partial charge in [0, 0.05) is 22.0 Å². The van der Waals surface area contributed by atoms with E-state index in [4.69, 9.17) is 37.4 Å². The van der Waals surface area contributed by atoms with Gasteiger partial charge >= 0.3 is 14.0 Å². The third kappa shape index (κ3) is 9.52. The van der Waals surface area contributed by atoms with Crippen molar-refractivity contribution >= 4 is 52.6 Å². The molecule has 42 heavy (non-hydrogen) atoms. The van der Waals surface area contributed by atoms with Crippen LogP contribution < -0.4 is 0 Å². The minimum absolute atomic E-state index is 0.193. The Kier molecular flexibility index (Phi) is 12.9. The molecule has 3 aromatic rings. The van der Waals surface area contributed by atoms with Crippen molar-refractivity contribution in [1.29, 1.82) is 0 Å². The van der Waals surface area contributed by atoms with Crippen LogP contribution in [0.25, 0.3) is 21.5 Å². The number of aliphatic hydroxyl groups is 2. The van der Waals surface area contributed by atoms with E-state index in [1.807, 2.05) is 0 Å². The van der Waals surface area contributed by atoms with Crippen molar-refractivity contribution in [3.05, 3.63) is 57.6 Å². The maximum absolute atomic E-state index is 13.7. The molecular weight excluding hydrogens is 617 g/mol. The van der Waals surface area contributed by atoms with Crippen LogP contribution >= 0.6 is 31.0 Å². The monoisotopic (exact) mass is 653 g/mol. The Balaban J connectivity index is 2.17. The number of unbranched alkanes of at least 4 members (excludes halogenated alkanes) is 2. The number of fused-ring (bicyclic) bond motifs is 3. The largest absolute Gasteiger partial charge is 0.472 e. The molecule has 3 unspecified atom stereocenters. The third-order valence-electron chi connectivity index (χ3n) is 6.95. The molecule has 3 N–H and O–H groups in total. The van der Waals surface area contributed by atoms with Crippen LogP contribution in [-0.4, -0.2) is 59.0 Å². The van der Waals surface area contributed by atoms with Crippen LogP contribution in [0.5, 0.6) is 0 Å². The molecule has 3 rings (SSSR count). The number of hydrogen-bond acceptors (Lipinski definition) is 6. The Bertz CT molecular complexity index is 1390. The van der Waals surface area contributed by atoms with Crippen molar-refractivity contribution in [2.24, 2.45) is 0 Å². The SMILES string of the molecule is CCCCN(CCCC)CCC(OP(=O)(O)OCC(O)CO)c1cc2c(Cl)cc(Cl)cc2c2cc(C(F)(F)F)ccc12. The quantitative estimate of drug-likeness (QED) is 0.106. The van der Waals surface area contributed by atoms with Crippen molar-refractivity contribution < 1.29 is 41.9 Å². The van der Waals surface area contributed by atoms with E-state index in [1.165, 1.54) is 18.2 Å². The zero-order chi connectivity index (χ0) is 31.1. The Labute approximate surface area is 253 Å². The number of rotatable bonds is 16. The molecule has 0 amide bonds. The van der Waals surface area contributed by atoms with Crippen LogP contribution in [0.3, 0.4) is 0 Å². The average Bonchev–Trinajstić information content (AvgIpc) is 2.93. The van der Waals surface area contributed by atoms with Gasteiger partial charge in [-0.3, -0.25) is 9.05 Å². The van der Waals surface area contributed by atoms with E-state index >= 15 is 0 Å². The second-order valence-electron chi connectivity index (χ2n) is 10.2. The Morgan fingerprint density at radius 3 is 2.19 bits per heavy atom. The fourth-order valence-electron chi connectivity index (χ4n) is 4.74. The van der Waals surface area contributed by atoms with Crippen LogP contribution in [0.2, 0.25) is 10.0 Å². The maximum atomic E-state index is 13.7. The number of nitrogens with zero attached hydrogens (tertiary/aromatic N) is 1. The first-order valence-electron chi connectivity index (χ1n) is 13.9. The molecule has 0 aliphatic rings. The summed E-state index contributed by atoms with van der Waals surface area (Å²) in [5.74, 6) is 0. The highest BCUT2D eigenvalue weighted by molar-refractivity contribution is 7.47. The normalized spacial score (nSPS) is 15.4. The topological polar surface area (TPSA) is 99.5 Å². The van der Waals surface area contributed by atoms with Gasteiger partial charge in [-0.2, -0.15) is 13.2 Å². The summed E-state index contributed by atoms with van der Waals surface area (Å²) in [5, 5.41) is 20.5. The van der Waals surface area contributed by atoms with Gasteiger partial charge < -0.3 is 20.0 Å². The lowest BCUT2D eigenvalue weighted by molar-refractivity contribution is -0.137. The second kappa shape index (κ2) is 15.5. The van der Waals surface area contributed by atoms with Gasteiger partial charge in [-0.15, -0.1) is 0 Å². The van der Waals surface area contributed by atoms with Crippen molar-refractivity contribution in [1.82, 2.24) is 4.90 Å². The van der Waals surface area contributed by atoms with Gasteiger partial charge in [0.1, 0.15) is 6.10 Å². The third-order valence-corrected chi connectivity index (χ3v) is 8.48. The summed E-state index contributed by atoms with van der Waals surface area (Å²) in [6, 6.07) is 7.90. The number of alkyl halides is 3. The number of benzene rings is 3. The van der Waals surface area contributed by atoms with Crippen molar-refractivity contribution in [3.8, 4) is 0 Å². The van der Waals surface area contributed by atoms with E-state index in [0.717, 1.165) is 50.9 Å². The Morgan fingerprint density at radius 2 is 1.60 bits per heavy atom. The lowest BCUT2D eigenvalue weighted by atomic mass is 9.92. The van der Waals surface area contributed by atoms with E-state index in [-0.39, 0.29) is 21.9 Å². The predicted molar refractivity (Wildman–Crippen MR) is 160 cm³/mol. The molecule has 0 aliphatic heterocycles. The summed E-state index contributed by atoms with van der Waals surface area (Å²) in [7, 11) is -4.80. The number of phosphoric ester groups is 1. The first-order chi connectivity index (χ1) is 19.8. The molecule has 7 nitrogen and oxygen atoms in total. The highest BCUT2D eigenvalue weighted by Crippen LogP contribution is 2.51. The average molecular weight is 654 g/mol. The summed E-state index contributed by atoms with van der Waals surface area (Å²) in [6.07, 6.45) is -3.06. The number of phosphoric acid groups is 1.